The Labute approximate surface area is 139 Å². The van der Waals surface area contributed by atoms with Crippen LogP contribution in [0, 0.1) is 0 Å². The first-order valence-electron chi connectivity index (χ1n) is 6.79. The Kier molecular flexibility index (Phi) is 5.54. The minimum absolute atomic E-state index is 0.163. The van der Waals surface area contributed by atoms with Crippen molar-refractivity contribution in [3.63, 3.8) is 0 Å². The predicted octanol–water partition coefficient (Wildman–Crippen LogP) is 1.53. The first-order valence-corrected chi connectivity index (χ1v) is 6.79. The maximum absolute atomic E-state index is 12.0. The van der Waals surface area contributed by atoms with Gasteiger partial charge >= 0.3 is 18.4 Å². The van der Waals surface area contributed by atoms with Gasteiger partial charge in [0, 0.05) is 6.21 Å². The zero-order valence-corrected chi connectivity index (χ0v) is 12.8. The number of ether oxygens (including phenoxy) is 1. The van der Waals surface area contributed by atoms with Gasteiger partial charge in [-0.05, 0) is 36.8 Å². The van der Waals surface area contributed by atoms with E-state index >= 15 is 0 Å². The molecule has 0 aliphatic carbocycles. The molecule has 134 valence electrons. The molecular weight excluding hydrogens is 345 g/mol. The average molecular weight is 358 g/mol. The smallest absolute Gasteiger partial charge is 0.406 e. The molecule has 0 saturated heterocycles. The summed E-state index contributed by atoms with van der Waals surface area (Å²) in [7, 11) is 0. The van der Waals surface area contributed by atoms with E-state index in [1.165, 1.54) is 12.1 Å². The van der Waals surface area contributed by atoms with E-state index in [1.807, 2.05) is 0 Å². The van der Waals surface area contributed by atoms with Crippen LogP contribution in [0.2, 0.25) is 0 Å². The molecule has 1 heterocycles. The number of halogens is 3. The maximum atomic E-state index is 12.0. The first-order chi connectivity index (χ1) is 11.7. The molecule has 12 heteroatoms. The topological polar surface area (TPSA) is 107 Å². The lowest BCUT2D eigenvalue weighted by Gasteiger charge is -2.25. The summed E-state index contributed by atoms with van der Waals surface area (Å²) in [6, 6.07) is 3.39. The number of nitrogens with zero attached hydrogens (tertiary/aromatic N) is 3. The molecular formula is C13H13F3N6O3. The van der Waals surface area contributed by atoms with Gasteiger partial charge in [-0.1, -0.05) is 0 Å². The number of urea groups is 2. The third kappa shape index (κ3) is 6.10. The summed E-state index contributed by atoms with van der Waals surface area (Å²) in [5.41, 5.74) is 7.73. The SMILES string of the molecule is CC1=NNC(=O)N(NNC(=O)/N=C/c2ccc(OC(F)(F)F)cc2)C1. The van der Waals surface area contributed by atoms with Gasteiger partial charge in [0.05, 0.1) is 12.3 Å². The normalized spacial score (nSPS) is 15.0. The summed E-state index contributed by atoms with van der Waals surface area (Å²) >= 11 is 0. The average Bonchev–Trinajstić information content (AvgIpc) is 2.53. The van der Waals surface area contributed by atoms with E-state index in [9.17, 15) is 22.8 Å². The number of hydrogen-bond donors (Lipinski definition) is 3. The third-order valence-electron chi connectivity index (χ3n) is 2.72. The largest absolute Gasteiger partial charge is 0.573 e. The molecule has 0 unspecified atom stereocenters. The summed E-state index contributed by atoms with van der Waals surface area (Å²) in [6.45, 7) is 1.84. The fourth-order valence-electron chi connectivity index (χ4n) is 1.67. The Balaban J connectivity index is 1.84. The van der Waals surface area contributed by atoms with Crippen molar-refractivity contribution in [2.75, 3.05) is 6.54 Å². The summed E-state index contributed by atoms with van der Waals surface area (Å²) in [5, 5.41) is 4.77. The van der Waals surface area contributed by atoms with E-state index in [0.29, 0.717) is 11.3 Å². The molecule has 25 heavy (non-hydrogen) atoms. The van der Waals surface area contributed by atoms with Crippen LogP contribution in [0.15, 0.2) is 34.4 Å². The number of rotatable bonds is 4. The van der Waals surface area contributed by atoms with Crippen molar-refractivity contribution in [2.45, 2.75) is 13.3 Å². The molecule has 0 fully saturated rings. The molecule has 0 atom stereocenters. The van der Waals surface area contributed by atoms with Gasteiger partial charge in [-0.3, -0.25) is 5.43 Å². The Hall–Kier alpha value is -3.15. The molecule has 3 N–H and O–H groups in total. The van der Waals surface area contributed by atoms with Gasteiger partial charge in [0.2, 0.25) is 0 Å². The van der Waals surface area contributed by atoms with Crippen molar-refractivity contribution >= 4 is 24.0 Å². The van der Waals surface area contributed by atoms with Crippen molar-refractivity contribution in [1.29, 1.82) is 0 Å². The highest BCUT2D eigenvalue weighted by Gasteiger charge is 2.30. The Morgan fingerprint density at radius 1 is 1.40 bits per heavy atom. The highest BCUT2D eigenvalue weighted by atomic mass is 19.4. The molecule has 9 nitrogen and oxygen atoms in total. The summed E-state index contributed by atoms with van der Waals surface area (Å²) < 4.78 is 39.8. The molecule has 0 aromatic heterocycles. The molecule has 0 spiro atoms. The highest BCUT2D eigenvalue weighted by molar-refractivity contribution is 5.92. The van der Waals surface area contributed by atoms with E-state index in [4.69, 9.17) is 0 Å². The minimum atomic E-state index is -4.77. The van der Waals surface area contributed by atoms with Crippen LogP contribution in [0.5, 0.6) is 5.75 Å². The maximum Gasteiger partial charge on any atom is 0.573 e. The van der Waals surface area contributed by atoms with E-state index in [0.717, 1.165) is 23.4 Å². The number of nitrogens with one attached hydrogen (secondary N) is 3. The fraction of sp³-hybridized carbons (Fsp3) is 0.231. The number of alkyl halides is 3. The highest BCUT2D eigenvalue weighted by Crippen LogP contribution is 2.22. The summed E-state index contributed by atoms with van der Waals surface area (Å²) in [6.07, 6.45) is -3.64. The van der Waals surface area contributed by atoms with Gasteiger partial charge in [-0.15, -0.1) is 18.7 Å². The number of benzene rings is 1. The molecule has 4 amide bonds. The molecule has 0 bridgehead atoms. The van der Waals surface area contributed by atoms with E-state index in [1.54, 1.807) is 6.92 Å². The van der Waals surface area contributed by atoms with Gasteiger partial charge in [0.15, 0.2) is 0 Å². The minimum Gasteiger partial charge on any atom is -0.406 e. The second-order valence-electron chi connectivity index (χ2n) is 4.77. The number of hydrogen-bond acceptors (Lipinski definition) is 5. The van der Waals surface area contributed by atoms with Crippen molar-refractivity contribution in [1.82, 2.24) is 21.4 Å². The van der Waals surface area contributed by atoms with Crippen molar-refractivity contribution < 1.29 is 27.5 Å². The third-order valence-corrected chi connectivity index (χ3v) is 2.72. The van der Waals surface area contributed by atoms with Gasteiger partial charge in [-0.25, -0.2) is 25.0 Å². The van der Waals surface area contributed by atoms with Crippen LogP contribution in [0.1, 0.15) is 12.5 Å². The number of aliphatic imine (C=N–C) groups is 1. The quantitative estimate of drug-likeness (QED) is 0.560. The Morgan fingerprint density at radius 2 is 2.08 bits per heavy atom. The van der Waals surface area contributed by atoms with E-state index in [2.05, 4.69) is 31.2 Å². The summed E-state index contributed by atoms with van der Waals surface area (Å²) in [4.78, 5) is 26.5. The van der Waals surface area contributed by atoms with Crippen LogP contribution in [0.3, 0.4) is 0 Å². The lowest BCUT2D eigenvalue weighted by atomic mass is 10.2. The van der Waals surface area contributed by atoms with Crippen molar-refractivity contribution in [2.24, 2.45) is 10.1 Å². The van der Waals surface area contributed by atoms with Crippen LogP contribution >= 0.6 is 0 Å². The van der Waals surface area contributed by atoms with Crippen LogP contribution in [-0.2, 0) is 0 Å². The van der Waals surface area contributed by atoms with Gasteiger partial charge < -0.3 is 4.74 Å². The molecule has 0 radical (unpaired) electrons. The van der Waals surface area contributed by atoms with Crippen LogP contribution < -0.4 is 21.1 Å². The molecule has 2 rings (SSSR count). The Bertz CT molecular complexity index is 702. The van der Waals surface area contributed by atoms with Crippen molar-refractivity contribution in [3.05, 3.63) is 29.8 Å². The monoisotopic (exact) mass is 358 g/mol. The van der Waals surface area contributed by atoms with Crippen LogP contribution in [0.4, 0.5) is 22.8 Å². The van der Waals surface area contributed by atoms with Crippen LogP contribution in [0.25, 0.3) is 0 Å². The zero-order valence-electron chi connectivity index (χ0n) is 12.8. The Morgan fingerprint density at radius 3 is 2.72 bits per heavy atom. The number of carbonyl (C=O) groups is 2. The number of hydrazone groups is 1. The lowest BCUT2D eigenvalue weighted by Crippen LogP contribution is -2.57. The molecule has 1 aromatic carbocycles. The number of carbonyl (C=O) groups excluding carboxylic acids is 2. The standard InChI is InChI=1S/C13H13F3N6O3/c1-8-7-22(12(24)20-18-8)21-19-11(23)17-6-9-2-4-10(5-3-9)25-13(14,15)16/h2-6,21H,7H2,1H3,(H,19,23)(H,20,24)/b17-6+. The first kappa shape index (κ1) is 18.2. The summed E-state index contributed by atoms with van der Waals surface area (Å²) in [5.74, 6) is -0.385. The molecule has 1 aliphatic rings. The fourth-order valence-corrected chi connectivity index (χ4v) is 1.67. The second kappa shape index (κ2) is 7.61. The lowest BCUT2D eigenvalue weighted by molar-refractivity contribution is -0.274. The van der Waals surface area contributed by atoms with Gasteiger partial charge in [-0.2, -0.15) is 5.10 Å². The van der Waals surface area contributed by atoms with E-state index in [-0.39, 0.29) is 12.3 Å². The molecule has 0 saturated carbocycles. The molecule has 1 aliphatic heterocycles. The zero-order chi connectivity index (χ0) is 18.4. The van der Waals surface area contributed by atoms with Crippen molar-refractivity contribution in [3.8, 4) is 5.75 Å². The second-order valence-corrected chi connectivity index (χ2v) is 4.77. The van der Waals surface area contributed by atoms with Gasteiger partial charge in [0.1, 0.15) is 5.75 Å². The predicted molar refractivity (Wildman–Crippen MR) is 80.7 cm³/mol. The van der Waals surface area contributed by atoms with Gasteiger partial charge in [0.25, 0.3) is 0 Å². The van der Waals surface area contributed by atoms with Crippen LogP contribution in [-0.4, -0.2) is 41.9 Å². The number of hydrazine groups is 2. The number of amides is 4. The van der Waals surface area contributed by atoms with E-state index < -0.39 is 18.4 Å². The molecule has 1 aromatic rings.